The molecule has 2 N–H and O–H groups in total. The molecule has 0 saturated heterocycles. The van der Waals surface area contributed by atoms with Crippen LogP contribution >= 0.6 is 0 Å². The fourth-order valence-electron chi connectivity index (χ4n) is 1.01. The summed E-state index contributed by atoms with van der Waals surface area (Å²) < 4.78 is 0. The molecule has 6 heteroatoms. The van der Waals surface area contributed by atoms with E-state index in [1.54, 1.807) is 14.0 Å². The Morgan fingerprint density at radius 2 is 2.23 bits per heavy atom. The number of aromatic nitrogens is 1. The Labute approximate surface area is 73.7 Å². The highest BCUT2D eigenvalue weighted by molar-refractivity contribution is 5.47. The molecule has 0 amide bonds. The molecule has 0 atom stereocenters. The molecule has 0 spiro atoms. The standard InChI is InChI=1S/C7H9N3O3/c1-4-3-5(10(12)13)7(11)9-6(4)8-2/h3H,1-2H3,(H2,8,9,11). The van der Waals surface area contributed by atoms with Gasteiger partial charge in [-0.15, -0.1) is 0 Å². The van der Waals surface area contributed by atoms with Crippen LogP contribution in [0.3, 0.4) is 0 Å². The number of pyridine rings is 1. The van der Waals surface area contributed by atoms with Gasteiger partial charge in [0.1, 0.15) is 5.82 Å². The van der Waals surface area contributed by atoms with Crippen molar-refractivity contribution in [1.82, 2.24) is 4.98 Å². The Balaban J connectivity index is 3.37. The molecule has 0 saturated carbocycles. The summed E-state index contributed by atoms with van der Waals surface area (Å²) in [5.41, 5.74) is -0.495. The van der Waals surface area contributed by atoms with Gasteiger partial charge in [0.2, 0.25) is 0 Å². The first kappa shape index (κ1) is 9.24. The summed E-state index contributed by atoms with van der Waals surface area (Å²) in [6.07, 6.45) is 0. The molecule has 0 radical (unpaired) electrons. The number of H-pyrrole nitrogens is 1. The van der Waals surface area contributed by atoms with Gasteiger partial charge in [0.05, 0.1) is 4.92 Å². The van der Waals surface area contributed by atoms with E-state index in [0.29, 0.717) is 11.4 Å². The monoisotopic (exact) mass is 183 g/mol. The minimum atomic E-state index is -0.703. The van der Waals surface area contributed by atoms with Gasteiger partial charge in [0.15, 0.2) is 0 Å². The van der Waals surface area contributed by atoms with Crippen molar-refractivity contribution in [3.63, 3.8) is 0 Å². The Bertz CT molecular complexity index is 396. The summed E-state index contributed by atoms with van der Waals surface area (Å²) in [5, 5.41) is 13.1. The summed E-state index contributed by atoms with van der Waals surface area (Å²) in [6.45, 7) is 1.68. The fourth-order valence-corrected chi connectivity index (χ4v) is 1.01. The van der Waals surface area contributed by atoms with E-state index >= 15 is 0 Å². The molecule has 1 heterocycles. The molecule has 0 bridgehead atoms. The first-order valence-corrected chi connectivity index (χ1v) is 3.62. The van der Waals surface area contributed by atoms with E-state index in [1.807, 2.05) is 0 Å². The van der Waals surface area contributed by atoms with Crippen molar-refractivity contribution < 1.29 is 4.92 Å². The molecule has 0 unspecified atom stereocenters. The minimum Gasteiger partial charge on any atom is -0.374 e. The minimum absolute atomic E-state index is 0.434. The SMILES string of the molecule is CNc1[nH]c(=O)c([N+](=O)[O-])cc1C. The number of aromatic amines is 1. The molecule has 1 aromatic rings. The number of rotatable bonds is 2. The second-order valence-electron chi connectivity index (χ2n) is 2.55. The average Bonchev–Trinajstić information content (AvgIpc) is 2.07. The van der Waals surface area contributed by atoms with E-state index in [0.717, 1.165) is 0 Å². The summed E-state index contributed by atoms with van der Waals surface area (Å²) in [7, 11) is 1.63. The average molecular weight is 183 g/mol. The smallest absolute Gasteiger partial charge is 0.334 e. The highest BCUT2D eigenvalue weighted by atomic mass is 16.6. The number of anilines is 1. The summed E-state index contributed by atoms with van der Waals surface area (Å²) in [5.74, 6) is 0.496. The van der Waals surface area contributed by atoms with Crippen molar-refractivity contribution in [3.05, 3.63) is 32.1 Å². The van der Waals surface area contributed by atoms with Crippen LogP contribution in [-0.2, 0) is 0 Å². The third-order valence-electron chi connectivity index (χ3n) is 1.67. The van der Waals surface area contributed by atoms with Gasteiger partial charge in [-0.25, -0.2) is 0 Å². The second kappa shape index (κ2) is 3.26. The van der Waals surface area contributed by atoms with Gasteiger partial charge < -0.3 is 10.3 Å². The topological polar surface area (TPSA) is 88.0 Å². The summed E-state index contributed by atoms with van der Waals surface area (Å²) >= 11 is 0. The zero-order chi connectivity index (χ0) is 10.0. The Morgan fingerprint density at radius 3 is 2.69 bits per heavy atom. The number of hydrogen-bond donors (Lipinski definition) is 2. The van der Waals surface area contributed by atoms with E-state index in [9.17, 15) is 14.9 Å². The first-order chi connectivity index (χ1) is 6.06. The molecule has 13 heavy (non-hydrogen) atoms. The summed E-state index contributed by atoms with van der Waals surface area (Å²) in [6, 6.07) is 1.24. The van der Waals surface area contributed by atoms with Crippen LogP contribution in [0.4, 0.5) is 11.5 Å². The molecule has 0 aliphatic carbocycles. The first-order valence-electron chi connectivity index (χ1n) is 3.62. The van der Waals surface area contributed by atoms with Crippen LogP contribution in [0.25, 0.3) is 0 Å². The largest absolute Gasteiger partial charge is 0.374 e. The Hall–Kier alpha value is -1.85. The number of nitrogens with one attached hydrogen (secondary N) is 2. The fraction of sp³-hybridized carbons (Fsp3) is 0.286. The lowest BCUT2D eigenvalue weighted by molar-refractivity contribution is -0.386. The highest BCUT2D eigenvalue weighted by Crippen LogP contribution is 2.12. The van der Waals surface area contributed by atoms with Gasteiger partial charge in [-0.2, -0.15) is 0 Å². The highest BCUT2D eigenvalue weighted by Gasteiger charge is 2.13. The molecular weight excluding hydrogens is 174 g/mol. The van der Waals surface area contributed by atoms with Gasteiger partial charge in [-0.05, 0) is 12.5 Å². The number of aryl methyl sites for hydroxylation is 1. The van der Waals surface area contributed by atoms with Gasteiger partial charge >= 0.3 is 11.2 Å². The number of nitro groups is 1. The molecule has 1 aromatic heterocycles. The predicted molar refractivity (Wildman–Crippen MR) is 48.0 cm³/mol. The van der Waals surface area contributed by atoms with Gasteiger partial charge in [-0.1, -0.05) is 0 Å². The van der Waals surface area contributed by atoms with Crippen molar-refractivity contribution in [2.24, 2.45) is 0 Å². The van der Waals surface area contributed by atoms with Crippen LogP contribution in [0.15, 0.2) is 10.9 Å². The normalized spacial score (nSPS) is 9.69. The van der Waals surface area contributed by atoms with Crippen molar-refractivity contribution in [1.29, 1.82) is 0 Å². The quantitative estimate of drug-likeness (QED) is 0.520. The zero-order valence-electron chi connectivity index (χ0n) is 7.25. The molecular formula is C7H9N3O3. The molecule has 0 aliphatic heterocycles. The lowest BCUT2D eigenvalue weighted by Gasteiger charge is -2.02. The van der Waals surface area contributed by atoms with Crippen molar-refractivity contribution in [2.75, 3.05) is 12.4 Å². The van der Waals surface area contributed by atoms with Crippen LogP contribution in [0, 0.1) is 17.0 Å². The van der Waals surface area contributed by atoms with Crippen LogP contribution in [0.5, 0.6) is 0 Å². The van der Waals surface area contributed by atoms with E-state index in [1.165, 1.54) is 6.07 Å². The molecule has 70 valence electrons. The maximum atomic E-state index is 11.1. The maximum absolute atomic E-state index is 11.1. The van der Waals surface area contributed by atoms with Crippen LogP contribution in [-0.4, -0.2) is 17.0 Å². The molecule has 1 rings (SSSR count). The molecule has 0 aromatic carbocycles. The lowest BCUT2D eigenvalue weighted by Crippen LogP contribution is -2.14. The molecule has 0 fully saturated rings. The van der Waals surface area contributed by atoms with E-state index in [2.05, 4.69) is 10.3 Å². The third-order valence-corrected chi connectivity index (χ3v) is 1.67. The number of nitrogens with zero attached hydrogens (tertiary/aromatic N) is 1. The van der Waals surface area contributed by atoms with Crippen LogP contribution < -0.4 is 10.9 Å². The van der Waals surface area contributed by atoms with E-state index < -0.39 is 16.2 Å². The zero-order valence-corrected chi connectivity index (χ0v) is 7.25. The van der Waals surface area contributed by atoms with Crippen molar-refractivity contribution >= 4 is 11.5 Å². The molecule has 0 aliphatic rings. The van der Waals surface area contributed by atoms with Crippen molar-refractivity contribution in [2.45, 2.75) is 6.92 Å². The van der Waals surface area contributed by atoms with E-state index in [-0.39, 0.29) is 0 Å². The Morgan fingerprint density at radius 1 is 1.62 bits per heavy atom. The van der Waals surface area contributed by atoms with Crippen molar-refractivity contribution in [3.8, 4) is 0 Å². The predicted octanol–water partition coefficient (Wildman–Crippen LogP) is 0.633. The number of hydrogen-bond acceptors (Lipinski definition) is 4. The Kier molecular flexibility index (Phi) is 2.32. The summed E-state index contributed by atoms with van der Waals surface area (Å²) in [4.78, 5) is 23.1. The van der Waals surface area contributed by atoms with Gasteiger partial charge in [0.25, 0.3) is 0 Å². The molecule has 6 nitrogen and oxygen atoms in total. The van der Waals surface area contributed by atoms with Gasteiger partial charge in [0, 0.05) is 13.1 Å². The van der Waals surface area contributed by atoms with Crippen LogP contribution in [0.2, 0.25) is 0 Å². The lowest BCUT2D eigenvalue weighted by atomic mass is 10.2. The van der Waals surface area contributed by atoms with Gasteiger partial charge in [-0.3, -0.25) is 14.9 Å². The van der Waals surface area contributed by atoms with E-state index in [4.69, 9.17) is 0 Å². The maximum Gasteiger partial charge on any atom is 0.334 e. The third kappa shape index (κ3) is 1.66. The second-order valence-corrected chi connectivity index (χ2v) is 2.55. The van der Waals surface area contributed by atoms with Crippen LogP contribution in [0.1, 0.15) is 5.56 Å².